The molecule has 1 rings (SSSR count). The Morgan fingerprint density at radius 1 is 1.40 bits per heavy atom. The molecule has 0 atom stereocenters. The van der Waals surface area contributed by atoms with Crippen molar-refractivity contribution in [2.75, 3.05) is 6.61 Å². The summed E-state index contributed by atoms with van der Waals surface area (Å²) in [6.45, 7) is 7.28. The molecule has 0 radical (unpaired) electrons. The van der Waals surface area contributed by atoms with Crippen LogP contribution in [0, 0.1) is 5.41 Å². The van der Waals surface area contributed by atoms with Gasteiger partial charge < -0.3 is 4.74 Å². The normalized spacial score (nSPS) is 11.5. The molecule has 0 N–H and O–H groups in total. The molecular weight excluding hydrogens is 210 g/mol. The first-order valence-corrected chi connectivity index (χ1v) is 5.68. The second-order valence-corrected chi connectivity index (χ2v) is 5.06. The van der Waals surface area contributed by atoms with Gasteiger partial charge in [-0.05, 0) is 23.5 Å². The Balaban J connectivity index is 2.44. The number of hydrogen-bond acceptors (Lipinski definition) is 2. The summed E-state index contributed by atoms with van der Waals surface area (Å²) in [6, 6.07) is 3.78. The Hall–Kier alpha value is -0.760. The molecule has 1 aromatic heterocycles. The Labute approximate surface area is 96.6 Å². The molecule has 0 saturated heterocycles. The molecule has 0 aliphatic rings. The molecule has 15 heavy (non-hydrogen) atoms. The topological polar surface area (TPSA) is 22.1 Å². The van der Waals surface area contributed by atoms with Gasteiger partial charge >= 0.3 is 0 Å². The van der Waals surface area contributed by atoms with E-state index >= 15 is 0 Å². The Kier molecular flexibility index (Phi) is 4.40. The van der Waals surface area contributed by atoms with Gasteiger partial charge in [-0.3, -0.25) is 0 Å². The van der Waals surface area contributed by atoms with E-state index in [0.717, 1.165) is 12.0 Å². The fourth-order valence-corrected chi connectivity index (χ4v) is 1.24. The van der Waals surface area contributed by atoms with Crippen molar-refractivity contribution in [3.63, 3.8) is 0 Å². The predicted molar refractivity (Wildman–Crippen MR) is 63.4 cm³/mol. The molecule has 0 bridgehead atoms. The molecule has 0 aliphatic carbocycles. The van der Waals surface area contributed by atoms with Crippen molar-refractivity contribution in [3.8, 4) is 5.88 Å². The van der Waals surface area contributed by atoms with E-state index < -0.39 is 0 Å². The smallest absolute Gasteiger partial charge is 0.213 e. The third-order valence-electron chi connectivity index (χ3n) is 2.06. The average molecular weight is 228 g/mol. The molecule has 0 amide bonds. The highest BCUT2D eigenvalue weighted by Crippen LogP contribution is 2.19. The van der Waals surface area contributed by atoms with Crippen molar-refractivity contribution in [3.05, 3.63) is 23.9 Å². The summed E-state index contributed by atoms with van der Waals surface area (Å²) >= 11 is 5.72. The van der Waals surface area contributed by atoms with E-state index in [1.165, 1.54) is 0 Å². The van der Waals surface area contributed by atoms with Crippen molar-refractivity contribution in [1.82, 2.24) is 4.98 Å². The molecule has 1 heterocycles. The predicted octanol–water partition coefficient (Wildman–Crippen LogP) is 3.64. The number of alkyl halides is 1. The van der Waals surface area contributed by atoms with Gasteiger partial charge in [-0.1, -0.05) is 20.8 Å². The molecule has 84 valence electrons. The SMILES string of the molecule is CC(C)(C)CCOc1cc(CCl)ccn1. The maximum atomic E-state index is 5.72. The molecule has 0 aromatic carbocycles. The van der Waals surface area contributed by atoms with Gasteiger partial charge in [-0.2, -0.15) is 0 Å². The quantitative estimate of drug-likeness (QED) is 0.733. The summed E-state index contributed by atoms with van der Waals surface area (Å²) in [5.41, 5.74) is 1.34. The largest absolute Gasteiger partial charge is 0.478 e. The Morgan fingerprint density at radius 2 is 2.13 bits per heavy atom. The zero-order valence-corrected chi connectivity index (χ0v) is 10.3. The zero-order chi connectivity index (χ0) is 11.3. The van der Waals surface area contributed by atoms with Crippen LogP contribution in [-0.2, 0) is 5.88 Å². The average Bonchev–Trinajstić information content (AvgIpc) is 2.16. The fourth-order valence-electron chi connectivity index (χ4n) is 1.07. The lowest BCUT2D eigenvalue weighted by Crippen LogP contribution is -2.11. The van der Waals surface area contributed by atoms with Gasteiger partial charge in [-0.25, -0.2) is 4.98 Å². The van der Waals surface area contributed by atoms with Gasteiger partial charge in [0.05, 0.1) is 6.61 Å². The number of pyridine rings is 1. The van der Waals surface area contributed by atoms with Crippen LogP contribution < -0.4 is 4.74 Å². The minimum absolute atomic E-state index is 0.296. The summed E-state index contributed by atoms with van der Waals surface area (Å²) in [5, 5.41) is 0. The van der Waals surface area contributed by atoms with Gasteiger partial charge in [-0.15, -0.1) is 11.6 Å². The molecule has 0 aliphatic heterocycles. The minimum Gasteiger partial charge on any atom is -0.478 e. The van der Waals surface area contributed by atoms with E-state index in [-0.39, 0.29) is 0 Å². The molecular formula is C12H18ClNO. The zero-order valence-electron chi connectivity index (χ0n) is 9.59. The van der Waals surface area contributed by atoms with Crippen LogP contribution in [0.1, 0.15) is 32.8 Å². The molecule has 3 heteroatoms. The molecule has 1 aromatic rings. The second-order valence-electron chi connectivity index (χ2n) is 4.80. The first-order chi connectivity index (χ1) is 7.01. The molecule has 2 nitrogen and oxygen atoms in total. The number of hydrogen-bond donors (Lipinski definition) is 0. The third-order valence-corrected chi connectivity index (χ3v) is 2.36. The maximum absolute atomic E-state index is 5.72. The van der Waals surface area contributed by atoms with Gasteiger partial charge in [0.2, 0.25) is 5.88 Å². The summed E-state index contributed by atoms with van der Waals surface area (Å²) in [6.07, 6.45) is 2.74. The van der Waals surface area contributed by atoms with Crippen LogP contribution in [0.5, 0.6) is 5.88 Å². The van der Waals surface area contributed by atoms with Crippen molar-refractivity contribution < 1.29 is 4.74 Å². The lowest BCUT2D eigenvalue weighted by Gasteiger charge is -2.17. The molecule has 0 unspecified atom stereocenters. The monoisotopic (exact) mass is 227 g/mol. The number of ether oxygens (including phenoxy) is 1. The third kappa shape index (κ3) is 5.03. The van der Waals surface area contributed by atoms with Crippen LogP contribution in [0.3, 0.4) is 0 Å². The van der Waals surface area contributed by atoms with Crippen LogP contribution in [0.15, 0.2) is 18.3 Å². The highest BCUT2D eigenvalue weighted by Gasteiger charge is 2.10. The minimum atomic E-state index is 0.296. The number of halogens is 1. The van der Waals surface area contributed by atoms with Crippen LogP contribution >= 0.6 is 11.6 Å². The summed E-state index contributed by atoms with van der Waals surface area (Å²) in [7, 11) is 0. The van der Waals surface area contributed by atoms with Crippen molar-refractivity contribution in [2.24, 2.45) is 5.41 Å². The van der Waals surface area contributed by atoms with Crippen molar-refractivity contribution in [2.45, 2.75) is 33.1 Å². The van der Waals surface area contributed by atoms with E-state index in [2.05, 4.69) is 25.8 Å². The Bertz CT molecular complexity index is 307. The molecule has 0 fully saturated rings. The van der Waals surface area contributed by atoms with E-state index in [1.807, 2.05) is 12.1 Å². The highest BCUT2D eigenvalue weighted by molar-refractivity contribution is 6.17. The van der Waals surface area contributed by atoms with Gasteiger partial charge in [0.15, 0.2) is 0 Å². The fraction of sp³-hybridized carbons (Fsp3) is 0.583. The molecule has 0 spiro atoms. The van der Waals surface area contributed by atoms with E-state index in [1.54, 1.807) is 6.20 Å². The first-order valence-electron chi connectivity index (χ1n) is 5.15. The molecule has 0 saturated carbocycles. The first kappa shape index (κ1) is 12.3. The van der Waals surface area contributed by atoms with E-state index in [4.69, 9.17) is 16.3 Å². The standard InChI is InChI=1S/C12H18ClNO/c1-12(2,3)5-7-15-11-8-10(9-13)4-6-14-11/h4,6,8H,5,7,9H2,1-3H3. The van der Waals surface area contributed by atoms with Gasteiger partial charge in [0.25, 0.3) is 0 Å². The Morgan fingerprint density at radius 3 is 2.73 bits per heavy atom. The number of nitrogens with zero attached hydrogens (tertiary/aromatic N) is 1. The number of rotatable bonds is 4. The summed E-state index contributed by atoms with van der Waals surface area (Å²) in [4.78, 5) is 4.13. The van der Waals surface area contributed by atoms with Crippen LogP contribution in [-0.4, -0.2) is 11.6 Å². The van der Waals surface area contributed by atoms with E-state index in [0.29, 0.717) is 23.8 Å². The second kappa shape index (κ2) is 5.36. The summed E-state index contributed by atoms with van der Waals surface area (Å²) < 4.78 is 5.55. The van der Waals surface area contributed by atoms with Gasteiger partial charge in [0.1, 0.15) is 0 Å². The lowest BCUT2D eigenvalue weighted by atomic mass is 9.93. The lowest BCUT2D eigenvalue weighted by molar-refractivity contribution is 0.236. The maximum Gasteiger partial charge on any atom is 0.213 e. The van der Waals surface area contributed by atoms with Crippen molar-refractivity contribution in [1.29, 1.82) is 0 Å². The van der Waals surface area contributed by atoms with E-state index in [9.17, 15) is 0 Å². The van der Waals surface area contributed by atoms with Crippen molar-refractivity contribution >= 4 is 11.6 Å². The highest BCUT2D eigenvalue weighted by atomic mass is 35.5. The van der Waals surface area contributed by atoms with Crippen LogP contribution in [0.25, 0.3) is 0 Å². The summed E-state index contributed by atoms with van der Waals surface area (Å²) in [5.74, 6) is 1.16. The number of aromatic nitrogens is 1. The van der Waals surface area contributed by atoms with Gasteiger partial charge in [0, 0.05) is 18.1 Å². The van der Waals surface area contributed by atoms with Crippen LogP contribution in [0.4, 0.5) is 0 Å². The van der Waals surface area contributed by atoms with Crippen LogP contribution in [0.2, 0.25) is 0 Å².